The maximum absolute atomic E-state index is 12.9. The van der Waals surface area contributed by atoms with Crippen LogP contribution in [0.15, 0.2) is 59.0 Å². The first-order valence-electron chi connectivity index (χ1n) is 6.78. The molecule has 0 aliphatic carbocycles. The molecule has 1 N–H and O–H groups in total. The zero-order chi connectivity index (χ0) is 15.4. The maximum atomic E-state index is 12.9. The molecule has 0 radical (unpaired) electrons. The summed E-state index contributed by atoms with van der Waals surface area (Å²) in [6, 6.07) is 14.3. The van der Waals surface area contributed by atoms with Crippen molar-refractivity contribution in [1.29, 1.82) is 0 Å². The Kier molecular flexibility index (Phi) is 4.25. The van der Waals surface area contributed by atoms with E-state index in [-0.39, 0.29) is 5.82 Å². The van der Waals surface area contributed by atoms with Crippen molar-refractivity contribution in [2.24, 2.45) is 5.10 Å². The Morgan fingerprint density at radius 3 is 2.68 bits per heavy atom. The Balaban J connectivity index is 1.70. The first-order chi connectivity index (χ1) is 10.7. The molecule has 110 valence electrons. The SMILES string of the molecule is Cc1ccccc1/C=N\Nc1nc(-c2ccc(F)cc2)cs1. The molecule has 0 amide bonds. The minimum atomic E-state index is -0.250. The van der Waals surface area contributed by atoms with Crippen molar-refractivity contribution in [2.45, 2.75) is 6.92 Å². The fourth-order valence-electron chi connectivity index (χ4n) is 1.97. The fraction of sp³-hybridized carbons (Fsp3) is 0.0588. The summed E-state index contributed by atoms with van der Waals surface area (Å²) in [6.45, 7) is 2.04. The van der Waals surface area contributed by atoms with E-state index >= 15 is 0 Å². The number of aryl methyl sites for hydroxylation is 1. The monoisotopic (exact) mass is 311 g/mol. The van der Waals surface area contributed by atoms with Crippen LogP contribution in [0.4, 0.5) is 9.52 Å². The highest BCUT2D eigenvalue weighted by molar-refractivity contribution is 7.14. The van der Waals surface area contributed by atoms with Crippen LogP contribution in [-0.2, 0) is 0 Å². The van der Waals surface area contributed by atoms with E-state index in [0.29, 0.717) is 5.13 Å². The molecule has 0 atom stereocenters. The first kappa shape index (κ1) is 14.4. The second-order valence-corrected chi connectivity index (χ2v) is 5.63. The van der Waals surface area contributed by atoms with Gasteiger partial charge in [-0.15, -0.1) is 11.3 Å². The van der Waals surface area contributed by atoms with Gasteiger partial charge in [0.1, 0.15) is 5.82 Å². The van der Waals surface area contributed by atoms with E-state index in [0.717, 1.165) is 16.8 Å². The molecule has 0 saturated heterocycles. The van der Waals surface area contributed by atoms with Crippen molar-refractivity contribution in [3.8, 4) is 11.3 Å². The van der Waals surface area contributed by atoms with Gasteiger partial charge < -0.3 is 0 Å². The number of nitrogens with one attached hydrogen (secondary N) is 1. The number of hydrogen-bond donors (Lipinski definition) is 1. The summed E-state index contributed by atoms with van der Waals surface area (Å²) in [4.78, 5) is 4.43. The minimum Gasteiger partial charge on any atom is -0.253 e. The molecular weight excluding hydrogens is 297 g/mol. The molecule has 0 unspecified atom stereocenters. The number of thiazole rings is 1. The lowest BCUT2D eigenvalue weighted by Gasteiger charge is -1.98. The van der Waals surface area contributed by atoms with Crippen molar-refractivity contribution < 1.29 is 4.39 Å². The summed E-state index contributed by atoms with van der Waals surface area (Å²) in [5, 5.41) is 6.82. The molecule has 0 saturated carbocycles. The van der Waals surface area contributed by atoms with Crippen LogP contribution < -0.4 is 5.43 Å². The number of rotatable bonds is 4. The predicted molar refractivity (Wildman–Crippen MR) is 89.9 cm³/mol. The van der Waals surface area contributed by atoms with Crippen LogP contribution in [0.3, 0.4) is 0 Å². The van der Waals surface area contributed by atoms with Gasteiger partial charge in [-0.3, -0.25) is 5.43 Å². The van der Waals surface area contributed by atoms with Gasteiger partial charge in [-0.25, -0.2) is 9.37 Å². The lowest BCUT2D eigenvalue weighted by atomic mass is 10.1. The van der Waals surface area contributed by atoms with E-state index in [1.165, 1.54) is 29.0 Å². The van der Waals surface area contributed by atoms with Gasteiger partial charge >= 0.3 is 0 Å². The first-order valence-corrected chi connectivity index (χ1v) is 7.66. The summed E-state index contributed by atoms with van der Waals surface area (Å²) in [7, 11) is 0. The van der Waals surface area contributed by atoms with Crippen molar-refractivity contribution >= 4 is 22.7 Å². The van der Waals surface area contributed by atoms with Gasteiger partial charge in [0.15, 0.2) is 0 Å². The average Bonchev–Trinajstić information content (AvgIpc) is 2.99. The molecule has 2 aromatic carbocycles. The van der Waals surface area contributed by atoms with Gasteiger partial charge in [0.05, 0.1) is 11.9 Å². The summed E-state index contributed by atoms with van der Waals surface area (Å²) >= 11 is 1.46. The van der Waals surface area contributed by atoms with Gasteiger partial charge in [0.25, 0.3) is 0 Å². The number of benzene rings is 2. The Bertz CT molecular complexity index is 794. The quantitative estimate of drug-likeness (QED) is 0.560. The molecule has 5 heteroatoms. The van der Waals surface area contributed by atoms with Gasteiger partial charge in [-0.05, 0) is 42.3 Å². The van der Waals surface area contributed by atoms with Crippen molar-refractivity contribution in [1.82, 2.24) is 4.98 Å². The summed E-state index contributed by atoms with van der Waals surface area (Å²) in [6.07, 6.45) is 1.77. The molecule has 0 aliphatic rings. The van der Waals surface area contributed by atoms with Gasteiger partial charge in [0.2, 0.25) is 5.13 Å². The van der Waals surface area contributed by atoms with E-state index in [1.807, 2.05) is 36.6 Å². The zero-order valence-corrected chi connectivity index (χ0v) is 12.8. The van der Waals surface area contributed by atoms with Crippen molar-refractivity contribution in [2.75, 3.05) is 5.43 Å². The highest BCUT2D eigenvalue weighted by Crippen LogP contribution is 2.24. The van der Waals surface area contributed by atoms with Crippen LogP contribution in [0.2, 0.25) is 0 Å². The van der Waals surface area contributed by atoms with Gasteiger partial charge in [0, 0.05) is 10.9 Å². The lowest BCUT2D eigenvalue weighted by molar-refractivity contribution is 0.628. The maximum Gasteiger partial charge on any atom is 0.203 e. The smallest absolute Gasteiger partial charge is 0.203 e. The molecule has 3 nitrogen and oxygen atoms in total. The van der Waals surface area contributed by atoms with E-state index in [9.17, 15) is 4.39 Å². The predicted octanol–water partition coefficient (Wildman–Crippen LogP) is 4.70. The molecule has 1 aromatic heterocycles. The second kappa shape index (κ2) is 6.49. The summed E-state index contributed by atoms with van der Waals surface area (Å²) in [5.74, 6) is -0.250. The van der Waals surface area contributed by atoms with E-state index in [2.05, 4.69) is 15.5 Å². The lowest BCUT2D eigenvalue weighted by Crippen LogP contribution is -1.92. The number of nitrogens with zero attached hydrogens (tertiary/aromatic N) is 2. The number of aromatic nitrogens is 1. The minimum absolute atomic E-state index is 0.250. The molecule has 0 bridgehead atoms. The van der Waals surface area contributed by atoms with Crippen LogP contribution >= 0.6 is 11.3 Å². The van der Waals surface area contributed by atoms with Gasteiger partial charge in [-0.1, -0.05) is 24.3 Å². The molecule has 3 aromatic rings. The molecular formula is C17H14FN3S. The van der Waals surface area contributed by atoms with E-state index in [1.54, 1.807) is 18.3 Å². The topological polar surface area (TPSA) is 37.3 Å². The van der Waals surface area contributed by atoms with Crippen LogP contribution in [0, 0.1) is 12.7 Å². The van der Waals surface area contributed by atoms with Crippen LogP contribution in [0.1, 0.15) is 11.1 Å². The number of hydrazone groups is 1. The molecule has 0 spiro atoms. The van der Waals surface area contributed by atoms with Crippen molar-refractivity contribution in [3.63, 3.8) is 0 Å². The Labute approximate surface area is 132 Å². The summed E-state index contributed by atoms with van der Waals surface area (Å²) < 4.78 is 12.9. The molecule has 0 aliphatic heterocycles. The molecule has 22 heavy (non-hydrogen) atoms. The third kappa shape index (κ3) is 3.38. The normalized spacial score (nSPS) is 11.0. The van der Waals surface area contributed by atoms with E-state index in [4.69, 9.17) is 0 Å². The number of hydrogen-bond acceptors (Lipinski definition) is 4. The van der Waals surface area contributed by atoms with Crippen LogP contribution in [0.5, 0.6) is 0 Å². The third-order valence-electron chi connectivity index (χ3n) is 3.20. The molecule has 1 heterocycles. The highest BCUT2D eigenvalue weighted by Gasteiger charge is 2.04. The fourth-order valence-corrected chi connectivity index (χ4v) is 2.64. The molecule has 3 rings (SSSR count). The third-order valence-corrected chi connectivity index (χ3v) is 3.94. The summed E-state index contributed by atoms with van der Waals surface area (Å²) in [5.41, 5.74) is 6.84. The van der Waals surface area contributed by atoms with Crippen molar-refractivity contribution in [3.05, 3.63) is 70.9 Å². The largest absolute Gasteiger partial charge is 0.253 e. The zero-order valence-electron chi connectivity index (χ0n) is 12.0. The second-order valence-electron chi connectivity index (χ2n) is 4.77. The average molecular weight is 311 g/mol. The highest BCUT2D eigenvalue weighted by atomic mass is 32.1. The Hall–Kier alpha value is -2.53. The number of halogens is 1. The van der Waals surface area contributed by atoms with Crippen LogP contribution in [-0.4, -0.2) is 11.2 Å². The van der Waals surface area contributed by atoms with E-state index < -0.39 is 0 Å². The number of anilines is 1. The Morgan fingerprint density at radius 1 is 1.14 bits per heavy atom. The van der Waals surface area contributed by atoms with Gasteiger partial charge in [-0.2, -0.15) is 5.10 Å². The Morgan fingerprint density at radius 2 is 1.91 bits per heavy atom. The molecule has 0 fully saturated rings. The standard InChI is InChI=1S/C17H14FN3S/c1-12-4-2-3-5-14(12)10-19-21-17-20-16(11-22-17)13-6-8-15(18)9-7-13/h2-11H,1H3,(H,20,21)/b19-10-. The van der Waals surface area contributed by atoms with Crippen LogP contribution in [0.25, 0.3) is 11.3 Å².